The predicted octanol–water partition coefficient (Wildman–Crippen LogP) is 5.08. The average Bonchev–Trinajstić information content (AvgIpc) is 3.21. The van der Waals surface area contributed by atoms with Crippen molar-refractivity contribution in [3.8, 4) is 11.3 Å². The summed E-state index contributed by atoms with van der Waals surface area (Å²) in [6.45, 7) is 6.87. The quantitative estimate of drug-likeness (QED) is 0.345. The van der Waals surface area contributed by atoms with Gasteiger partial charge in [-0.1, -0.05) is 22.0 Å². The second kappa shape index (κ2) is 9.53. The fraction of sp³-hybridized carbons (Fsp3) is 0.320. The second-order valence-electron chi connectivity index (χ2n) is 8.96. The molecule has 1 aliphatic heterocycles. The van der Waals surface area contributed by atoms with Crippen LogP contribution in [0.1, 0.15) is 37.0 Å². The van der Waals surface area contributed by atoms with E-state index in [2.05, 4.69) is 41.2 Å². The lowest BCUT2D eigenvalue weighted by Crippen LogP contribution is -2.37. The molecular weight excluding hydrogens is 532 g/mol. The van der Waals surface area contributed by atoms with Gasteiger partial charge in [0.05, 0.1) is 17.0 Å². The number of alkyl halides is 1. The highest BCUT2D eigenvalue weighted by Gasteiger charge is 2.22. The number of hydrogen-bond donors (Lipinski definition) is 1. The first-order chi connectivity index (χ1) is 17.2. The van der Waals surface area contributed by atoms with Crippen molar-refractivity contribution in [2.45, 2.75) is 39.8 Å². The largest absolute Gasteiger partial charge is 0.337 e. The number of nitrogens with one attached hydrogen (secondary N) is 1. The lowest BCUT2D eigenvalue weighted by molar-refractivity contribution is -0.129. The van der Waals surface area contributed by atoms with Gasteiger partial charge in [-0.25, -0.2) is 28.7 Å². The van der Waals surface area contributed by atoms with E-state index >= 15 is 0 Å². The van der Waals surface area contributed by atoms with Crippen molar-refractivity contribution in [3.63, 3.8) is 0 Å². The number of benzene rings is 1. The van der Waals surface area contributed by atoms with Gasteiger partial charge in [-0.2, -0.15) is 0 Å². The first-order valence-electron chi connectivity index (χ1n) is 11.6. The van der Waals surface area contributed by atoms with Crippen molar-refractivity contribution in [1.29, 1.82) is 0 Å². The summed E-state index contributed by atoms with van der Waals surface area (Å²) in [5.74, 6) is 0.153. The van der Waals surface area contributed by atoms with Gasteiger partial charge in [0, 0.05) is 36.8 Å². The Morgan fingerprint density at radius 3 is 2.72 bits per heavy atom. The molecule has 186 valence electrons. The number of aromatic nitrogens is 5. The lowest BCUT2D eigenvalue weighted by Gasteiger charge is -2.28. The summed E-state index contributed by atoms with van der Waals surface area (Å²) in [5.41, 5.74) is 2.94. The molecule has 11 heteroatoms. The van der Waals surface area contributed by atoms with Crippen LogP contribution in [0.25, 0.3) is 22.3 Å². The maximum Gasteiger partial charge on any atom is 0.233 e. The van der Waals surface area contributed by atoms with Crippen LogP contribution in [-0.4, -0.2) is 47.2 Å². The number of fused-ring (bicyclic) bond motifs is 2. The van der Waals surface area contributed by atoms with E-state index in [4.69, 9.17) is 0 Å². The van der Waals surface area contributed by atoms with E-state index in [0.717, 1.165) is 17.5 Å². The van der Waals surface area contributed by atoms with Crippen LogP contribution in [0.15, 0.2) is 30.5 Å². The van der Waals surface area contributed by atoms with Gasteiger partial charge in [0.1, 0.15) is 22.9 Å². The molecule has 4 heterocycles. The van der Waals surface area contributed by atoms with Crippen LogP contribution in [-0.2, 0) is 17.8 Å². The van der Waals surface area contributed by atoms with E-state index in [-0.39, 0.29) is 34.4 Å². The van der Waals surface area contributed by atoms with Gasteiger partial charge >= 0.3 is 0 Å². The van der Waals surface area contributed by atoms with Gasteiger partial charge in [0.15, 0.2) is 11.6 Å². The van der Waals surface area contributed by atoms with Crippen molar-refractivity contribution in [3.05, 3.63) is 59.2 Å². The molecule has 0 radical (unpaired) electrons. The predicted molar refractivity (Wildman–Crippen MR) is 136 cm³/mol. The van der Waals surface area contributed by atoms with Crippen LogP contribution in [0.3, 0.4) is 0 Å². The minimum Gasteiger partial charge on any atom is -0.337 e. The molecule has 0 atom stereocenters. The van der Waals surface area contributed by atoms with E-state index < -0.39 is 11.6 Å². The number of rotatable bonds is 5. The third-order valence-electron chi connectivity index (χ3n) is 6.21. The van der Waals surface area contributed by atoms with Crippen LogP contribution in [0.5, 0.6) is 0 Å². The first-order valence-corrected chi connectivity index (χ1v) is 12.7. The molecule has 0 aliphatic carbocycles. The number of anilines is 2. The third kappa shape index (κ3) is 4.43. The molecule has 3 aromatic heterocycles. The van der Waals surface area contributed by atoms with E-state index in [9.17, 15) is 13.6 Å². The molecule has 5 rings (SSSR count). The summed E-state index contributed by atoms with van der Waals surface area (Å²) in [7, 11) is 0. The molecule has 0 bridgehead atoms. The molecule has 1 aliphatic rings. The van der Waals surface area contributed by atoms with Crippen molar-refractivity contribution < 1.29 is 13.6 Å². The zero-order valence-corrected chi connectivity index (χ0v) is 21.6. The Kier molecular flexibility index (Phi) is 6.42. The Hall–Kier alpha value is -3.47. The van der Waals surface area contributed by atoms with Crippen molar-refractivity contribution in [2.75, 3.05) is 17.2 Å². The smallest absolute Gasteiger partial charge is 0.233 e. The molecule has 8 nitrogen and oxygen atoms in total. The monoisotopic (exact) mass is 555 g/mol. The zero-order chi connectivity index (χ0) is 25.6. The highest BCUT2D eigenvalue weighted by atomic mass is 79.9. The van der Waals surface area contributed by atoms with Crippen LogP contribution >= 0.6 is 15.9 Å². The zero-order valence-electron chi connectivity index (χ0n) is 20.0. The topological polar surface area (TPSA) is 88.8 Å². The summed E-state index contributed by atoms with van der Waals surface area (Å²) >= 11 is 3.21. The SMILES string of the molecule is Cc1nc2c(F)cc(-c3nc(Nc4ccc5c(n4)CCN(C(=O)CBr)C5)ncc3F)cc2n1C(C)C. The minimum atomic E-state index is -0.665. The number of pyridine rings is 1. The van der Waals surface area contributed by atoms with E-state index in [1.54, 1.807) is 17.0 Å². The maximum absolute atomic E-state index is 14.9. The number of nitrogens with zero attached hydrogens (tertiary/aromatic N) is 6. The van der Waals surface area contributed by atoms with E-state index in [0.29, 0.717) is 42.2 Å². The number of hydrogen-bond acceptors (Lipinski definition) is 6. The Bertz CT molecular complexity index is 1490. The average molecular weight is 556 g/mol. The standard InChI is InChI=1S/C25H24BrF2N7O/c1-13(2)35-14(3)30-24-17(27)8-16(9-20(24)35)23-18(28)11-29-25(33-23)32-21-5-4-15-12-34(22(36)10-26)7-6-19(15)31-21/h4-5,8-9,11,13H,6-7,10,12H2,1-3H3,(H,29,31,32,33). The molecule has 0 saturated heterocycles. The summed E-state index contributed by atoms with van der Waals surface area (Å²) in [4.78, 5) is 31.1. The van der Waals surface area contributed by atoms with Crippen LogP contribution in [0.4, 0.5) is 20.5 Å². The number of imidazole rings is 1. The number of halogens is 3. The van der Waals surface area contributed by atoms with Gasteiger partial charge < -0.3 is 14.8 Å². The molecule has 0 unspecified atom stereocenters. The molecule has 4 aromatic rings. The van der Waals surface area contributed by atoms with Crippen molar-refractivity contribution >= 4 is 44.6 Å². The van der Waals surface area contributed by atoms with Crippen LogP contribution in [0, 0.1) is 18.6 Å². The van der Waals surface area contributed by atoms with Gasteiger partial charge in [-0.05, 0) is 44.5 Å². The van der Waals surface area contributed by atoms with Crippen LogP contribution in [0.2, 0.25) is 0 Å². The lowest BCUT2D eigenvalue weighted by atomic mass is 10.1. The number of carbonyl (C=O) groups is 1. The summed E-state index contributed by atoms with van der Waals surface area (Å²) in [6, 6.07) is 6.66. The molecule has 0 fully saturated rings. The number of aryl methyl sites for hydroxylation is 1. The molecule has 36 heavy (non-hydrogen) atoms. The molecule has 0 spiro atoms. The number of amides is 1. The first kappa shape index (κ1) is 24.2. The third-order valence-corrected chi connectivity index (χ3v) is 6.69. The van der Waals surface area contributed by atoms with Crippen molar-refractivity contribution in [1.82, 2.24) is 29.4 Å². The molecule has 1 amide bonds. The normalized spacial score (nSPS) is 13.4. The highest BCUT2D eigenvalue weighted by molar-refractivity contribution is 9.09. The molecule has 1 aromatic carbocycles. The Morgan fingerprint density at radius 1 is 1.17 bits per heavy atom. The van der Waals surface area contributed by atoms with Gasteiger partial charge in [-0.15, -0.1) is 0 Å². The van der Waals surface area contributed by atoms with Crippen molar-refractivity contribution in [2.24, 2.45) is 0 Å². The summed E-state index contributed by atoms with van der Waals surface area (Å²) in [6.07, 6.45) is 1.68. The minimum absolute atomic E-state index is 0.0238. The second-order valence-corrected chi connectivity index (χ2v) is 9.53. The highest BCUT2D eigenvalue weighted by Crippen LogP contribution is 2.30. The van der Waals surface area contributed by atoms with Gasteiger partial charge in [-0.3, -0.25) is 4.79 Å². The Labute approximate surface area is 214 Å². The summed E-state index contributed by atoms with van der Waals surface area (Å²) < 4.78 is 31.6. The van der Waals surface area contributed by atoms with E-state index in [1.807, 2.05) is 31.4 Å². The maximum atomic E-state index is 14.9. The molecular formula is C25H24BrF2N7O. The van der Waals surface area contributed by atoms with Gasteiger partial charge in [0.25, 0.3) is 0 Å². The van der Waals surface area contributed by atoms with Crippen LogP contribution < -0.4 is 5.32 Å². The fourth-order valence-corrected chi connectivity index (χ4v) is 4.94. The molecule has 0 saturated carbocycles. The fourth-order valence-electron chi connectivity index (χ4n) is 4.58. The Morgan fingerprint density at radius 2 is 1.97 bits per heavy atom. The molecule has 1 N–H and O–H groups in total. The van der Waals surface area contributed by atoms with Gasteiger partial charge in [0.2, 0.25) is 11.9 Å². The number of carbonyl (C=O) groups excluding carboxylic acids is 1. The summed E-state index contributed by atoms with van der Waals surface area (Å²) in [5, 5.41) is 3.31. The van der Waals surface area contributed by atoms with E-state index in [1.165, 1.54) is 6.07 Å². The Balaban J connectivity index is 1.46.